The van der Waals surface area contributed by atoms with Crippen LogP contribution in [0.5, 0.6) is 0 Å². The maximum atomic E-state index is 12.5. The second-order valence-electron chi connectivity index (χ2n) is 7.11. The fourth-order valence-corrected chi connectivity index (χ4v) is 4.26. The van der Waals surface area contributed by atoms with Crippen LogP contribution in [0.3, 0.4) is 0 Å². The van der Waals surface area contributed by atoms with Gasteiger partial charge in [-0.05, 0) is 50.1 Å². The molecule has 1 aromatic rings. The molecule has 0 aromatic carbocycles. The Morgan fingerprint density at radius 3 is 2.52 bits per heavy atom. The second-order valence-corrected chi connectivity index (χ2v) is 7.87. The van der Waals surface area contributed by atoms with Crippen molar-refractivity contribution in [1.82, 2.24) is 25.1 Å². The highest BCUT2D eigenvalue weighted by molar-refractivity contribution is 7.07. The molecule has 0 atom stereocenters. The smallest absolute Gasteiger partial charge is 0.315 e. The molecule has 25 heavy (non-hydrogen) atoms. The summed E-state index contributed by atoms with van der Waals surface area (Å²) < 4.78 is 3.84. The fourth-order valence-electron chi connectivity index (χ4n) is 3.63. The van der Waals surface area contributed by atoms with Gasteiger partial charge in [0.15, 0.2) is 0 Å². The lowest BCUT2D eigenvalue weighted by atomic mass is 9.95. The van der Waals surface area contributed by atoms with Crippen LogP contribution >= 0.6 is 11.5 Å². The summed E-state index contributed by atoms with van der Waals surface area (Å²) in [6.07, 6.45) is 7.74. The maximum absolute atomic E-state index is 12.5. The summed E-state index contributed by atoms with van der Waals surface area (Å²) >= 11 is 1.17. The van der Waals surface area contributed by atoms with Crippen LogP contribution in [0.2, 0.25) is 0 Å². The van der Waals surface area contributed by atoms with Gasteiger partial charge in [0.2, 0.25) is 0 Å². The van der Waals surface area contributed by atoms with Gasteiger partial charge in [-0.25, -0.2) is 4.79 Å². The Balaban J connectivity index is 1.37. The van der Waals surface area contributed by atoms with Crippen LogP contribution in [0, 0.1) is 12.8 Å². The van der Waals surface area contributed by atoms with Gasteiger partial charge in [0.1, 0.15) is 4.88 Å². The number of urea groups is 1. The van der Waals surface area contributed by atoms with E-state index in [9.17, 15) is 9.59 Å². The van der Waals surface area contributed by atoms with Crippen molar-refractivity contribution in [3.05, 3.63) is 10.6 Å². The molecule has 138 valence electrons. The lowest BCUT2D eigenvalue weighted by Crippen LogP contribution is -2.46. The number of carbonyl (C=O) groups excluding carboxylic acids is 2. The topological polar surface area (TPSA) is 87.2 Å². The highest BCUT2D eigenvalue weighted by Crippen LogP contribution is 2.21. The number of nitrogens with zero attached hydrogens (tertiary/aromatic N) is 3. The van der Waals surface area contributed by atoms with Crippen LogP contribution in [0.25, 0.3) is 0 Å². The molecule has 2 heterocycles. The standard InChI is InChI=1S/C17H27N5O2S/c1-12-15(25-21-20-12)16(23)22-9-7-13(8-10-22)11-18-17(24)19-14-5-3-2-4-6-14/h13-14H,2-11H2,1H3,(H2,18,19,24). The number of carbonyl (C=O) groups is 2. The normalized spacial score (nSPS) is 19.6. The summed E-state index contributed by atoms with van der Waals surface area (Å²) in [5, 5.41) is 10.0. The predicted molar refractivity (Wildman–Crippen MR) is 96.7 cm³/mol. The van der Waals surface area contributed by atoms with Crippen molar-refractivity contribution in [1.29, 1.82) is 0 Å². The molecule has 2 N–H and O–H groups in total. The van der Waals surface area contributed by atoms with Gasteiger partial charge in [0.05, 0.1) is 5.69 Å². The monoisotopic (exact) mass is 365 g/mol. The molecular formula is C17H27N5O2S. The zero-order valence-electron chi connectivity index (χ0n) is 14.8. The molecule has 3 rings (SSSR count). The molecule has 7 nitrogen and oxygen atoms in total. The zero-order valence-corrected chi connectivity index (χ0v) is 15.6. The van der Waals surface area contributed by atoms with Crippen molar-refractivity contribution in [3.63, 3.8) is 0 Å². The first-order valence-electron chi connectivity index (χ1n) is 9.26. The first kappa shape index (κ1) is 18.1. The largest absolute Gasteiger partial charge is 0.338 e. The predicted octanol–water partition coefficient (Wildman–Crippen LogP) is 2.33. The molecule has 1 saturated heterocycles. The first-order valence-corrected chi connectivity index (χ1v) is 10.0. The molecule has 8 heteroatoms. The molecule has 0 spiro atoms. The van der Waals surface area contributed by atoms with Crippen molar-refractivity contribution in [2.75, 3.05) is 19.6 Å². The lowest BCUT2D eigenvalue weighted by Gasteiger charge is -2.32. The number of nitrogens with one attached hydrogen (secondary N) is 2. The Kier molecular flexibility index (Phi) is 6.23. The maximum Gasteiger partial charge on any atom is 0.315 e. The zero-order chi connectivity index (χ0) is 17.6. The number of hydrogen-bond donors (Lipinski definition) is 2. The van der Waals surface area contributed by atoms with Gasteiger partial charge in [-0.1, -0.05) is 23.8 Å². The number of rotatable bonds is 4. The van der Waals surface area contributed by atoms with E-state index in [1.165, 1.54) is 30.8 Å². The van der Waals surface area contributed by atoms with Gasteiger partial charge >= 0.3 is 6.03 Å². The summed E-state index contributed by atoms with van der Waals surface area (Å²) in [6, 6.07) is 0.293. The third-order valence-electron chi connectivity index (χ3n) is 5.24. The van der Waals surface area contributed by atoms with Gasteiger partial charge in [-0.15, -0.1) is 5.10 Å². The third kappa shape index (κ3) is 4.90. The number of aromatic nitrogens is 2. The summed E-state index contributed by atoms with van der Waals surface area (Å²) in [7, 11) is 0. The molecule has 0 radical (unpaired) electrons. The number of aryl methyl sites for hydroxylation is 1. The SMILES string of the molecule is Cc1nnsc1C(=O)N1CCC(CNC(=O)NC2CCCCC2)CC1. The summed E-state index contributed by atoms with van der Waals surface area (Å²) in [4.78, 5) is 27.0. The van der Waals surface area contributed by atoms with Crippen molar-refractivity contribution < 1.29 is 9.59 Å². The summed E-state index contributed by atoms with van der Waals surface area (Å²) in [5.74, 6) is 0.468. The van der Waals surface area contributed by atoms with Crippen molar-refractivity contribution in [2.45, 2.75) is 57.9 Å². The summed E-state index contributed by atoms with van der Waals surface area (Å²) in [5.41, 5.74) is 0.707. The Bertz CT molecular complexity index is 592. The molecule has 2 aliphatic rings. The molecule has 1 saturated carbocycles. The number of hydrogen-bond acceptors (Lipinski definition) is 5. The average Bonchev–Trinajstić information content (AvgIpc) is 3.07. The van der Waals surface area contributed by atoms with Crippen molar-refractivity contribution in [2.24, 2.45) is 5.92 Å². The minimum absolute atomic E-state index is 0.0361. The van der Waals surface area contributed by atoms with E-state index in [1.54, 1.807) is 0 Å². The highest BCUT2D eigenvalue weighted by atomic mass is 32.1. The van der Waals surface area contributed by atoms with Gasteiger partial charge < -0.3 is 15.5 Å². The Morgan fingerprint density at radius 2 is 1.88 bits per heavy atom. The molecule has 1 aliphatic carbocycles. The molecule has 3 amide bonds. The van der Waals surface area contributed by atoms with E-state index < -0.39 is 0 Å². The van der Waals surface area contributed by atoms with Crippen LogP contribution in [-0.2, 0) is 0 Å². The van der Waals surface area contributed by atoms with E-state index in [0.29, 0.717) is 29.1 Å². The van der Waals surface area contributed by atoms with Crippen LogP contribution < -0.4 is 10.6 Å². The quantitative estimate of drug-likeness (QED) is 0.857. The lowest BCUT2D eigenvalue weighted by molar-refractivity contribution is 0.0694. The van der Waals surface area contributed by atoms with E-state index in [1.807, 2.05) is 11.8 Å². The Hall–Kier alpha value is -1.70. The van der Waals surface area contributed by atoms with Gasteiger partial charge in [0, 0.05) is 25.7 Å². The van der Waals surface area contributed by atoms with Crippen LogP contribution in [0.4, 0.5) is 4.79 Å². The molecule has 1 aromatic heterocycles. The van der Waals surface area contributed by atoms with Crippen molar-refractivity contribution in [3.8, 4) is 0 Å². The molecule has 0 bridgehead atoms. The van der Waals surface area contributed by atoms with Crippen molar-refractivity contribution >= 4 is 23.5 Å². The van der Waals surface area contributed by atoms with Gasteiger partial charge in [-0.3, -0.25) is 4.79 Å². The number of likely N-dealkylation sites (tertiary alicyclic amines) is 1. The average molecular weight is 366 g/mol. The minimum atomic E-state index is -0.0447. The third-order valence-corrected chi connectivity index (χ3v) is 6.06. The Labute approximate surface area is 152 Å². The number of amides is 3. The Morgan fingerprint density at radius 1 is 1.16 bits per heavy atom. The molecular weight excluding hydrogens is 338 g/mol. The van der Waals surface area contributed by atoms with E-state index in [2.05, 4.69) is 20.2 Å². The first-order chi connectivity index (χ1) is 12.1. The van der Waals surface area contributed by atoms with E-state index in [0.717, 1.165) is 38.8 Å². The highest BCUT2D eigenvalue weighted by Gasteiger charge is 2.26. The number of piperidine rings is 1. The van der Waals surface area contributed by atoms with Gasteiger partial charge in [-0.2, -0.15) is 0 Å². The minimum Gasteiger partial charge on any atom is -0.338 e. The van der Waals surface area contributed by atoms with E-state index in [4.69, 9.17) is 0 Å². The van der Waals surface area contributed by atoms with Crippen LogP contribution in [-0.4, -0.2) is 52.1 Å². The van der Waals surface area contributed by atoms with Crippen LogP contribution in [0.15, 0.2) is 0 Å². The van der Waals surface area contributed by atoms with E-state index >= 15 is 0 Å². The molecule has 1 aliphatic heterocycles. The van der Waals surface area contributed by atoms with Crippen LogP contribution in [0.1, 0.15) is 60.3 Å². The summed E-state index contributed by atoms with van der Waals surface area (Å²) in [6.45, 7) is 3.96. The molecule has 2 fully saturated rings. The van der Waals surface area contributed by atoms with E-state index in [-0.39, 0.29) is 11.9 Å². The fraction of sp³-hybridized carbons (Fsp3) is 0.765. The molecule has 0 unspecified atom stereocenters. The second kappa shape index (κ2) is 8.60. The van der Waals surface area contributed by atoms with Gasteiger partial charge in [0.25, 0.3) is 5.91 Å².